The first-order chi connectivity index (χ1) is 11.3. The highest BCUT2D eigenvalue weighted by molar-refractivity contribution is 6.33. The lowest BCUT2D eigenvalue weighted by atomic mass is 10.2. The van der Waals surface area contributed by atoms with Gasteiger partial charge in [0.15, 0.2) is 0 Å². The summed E-state index contributed by atoms with van der Waals surface area (Å²) in [6, 6.07) is 4.70. The molecule has 1 aromatic heterocycles. The fourth-order valence-electron chi connectivity index (χ4n) is 1.90. The molecule has 24 heavy (non-hydrogen) atoms. The van der Waals surface area contributed by atoms with Crippen molar-refractivity contribution >= 4 is 40.5 Å². The Labute approximate surface area is 141 Å². The molecule has 9 nitrogen and oxygen atoms in total. The van der Waals surface area contributed by atoms with Crippen LogP contribution in [0.2, 0.25) is 5.02 Å². The van der Waals surface area contributed by atoms with E-state index in [0.29, 0.717) is 16.4 Å². The number of anilines is 2. The van der Waals surface area contributed by atoms with E-state index in [0.717, 1.165) is 6.20 Å². The molecule has 0 bridgehead atoms. The second kappa shape index (κ2) is 7.55. The van der Waals surface area contributed by atoms with E-state index in [4.69, 9.17) is 11.6 Å². The average molecular weight is 352 g/mol. The first kappa shape index (κ1) is 17.4. The molecule has 0 saturated carbocycles. The van der Waals surface area contributed by atoms with Gasteiger partial charge in [-0.2, -0.15) is 5.10 Å². The van der Waals surface area contributed by atoms with Crippen LogP contribution < -0.4 is 10.6 Å². The van der Waals surface area contributed by atoms with Gasteiger partial charge in [-0.1, -0.05) is 11.6 Å². The van der Waals surface area contributed by atoms with Gasteiger partial charge in [0.2, 0.25) is 11.8 Å². The van der Waals surface area contributed by atoms with E-state index < -0.39 is 4.92 Å². The summed E-state index contributed by atoms with van der Waals surface area (Å²) >= 11 is 5.95. The van der Waals surface area contributed by atoms with E-state index in [1.165, 1.54) is 17.8 Å². The van der Waals surface area contributed by atoms with Crippen molar-refractivity contribution in [1.29, 1.82) is 0 Å². The van der Waals surface area contributed by atoms with Crippen LogP contribution in [0.5, 0.6) is 0 Å². The van der Waals surface area contributed by atoms with E-state index >= 15 is 0 Å². The van der Waals surface area contributed by atoms with Crippen LogP contribution in [0.4, 0.5) is 17.1 Å². The lowest BCUT2D eigenvalue weighted by Crippen LogP contribution is -2.15. The van der Waals surface area contributed by atoms with Gasteiger partial charge in [0.1, 0.15) is 12.4 Å². The highest BCUT2D eigenvalue weighted by Gasteiger charge is 2.11. The number of hydrogen-bond acceptors (Lipinski definition) is 5. The third-order valence-electron chi connectivity index (χ3n) is 2.96. The number of nitrogens with zero attached hydrogens (tertiary/aromatic N) is 3. The summed E-state index contributed by atoms with van der Waals surface area (Å²) in [6.07, 6.45) is 2.46. The summed E-state index contributed by atoms with van der Waals surface area (Å²) in [4.78, 5) is 33.0. The molecule has 2 aromatic rings. The molecule has 1 aromatic carbocycles. The molecule has 2 amide bonds. The number of rotatable bonds is 6. The SMILES string of the molecule is CC(=O)Nc1cc(NC(=O)CCn2cc([N+](=O)[O-])cn2)ccc1Cl. The Morgan fingerprint density at radius 2 is 2.12 bits per heavy atom. The zero-order chi connectivity index (χ0) is 17.7. The number of nitrogens with one attached hydrogen (secondary N) is 2. The second-order valence-electron chi connectivity index (χ2n) is 4.89. The summed E-state index contributed by atoms with van der Waals surface area (Å²) in [7, 11) is 0. The van der Waals surface area contributed by atoms with E-state index in [1.807, 2.05) is 0 Å². The molecular weight excluding hydrogens is 338 g/mol. The summed E-state index contributed by atoms with van der Waals surface area (Å²) in [6.45, 7) is 1.55. The Balaban J connectivity index is 1.94. The number of amides is 2. The molecule has 126 valence electrons. The molecule has 0 aliphatic carbocycles. The van der Waals surface area contributed by atoms with Crippen molar-refractivity contribution in [3.05, 3.63) is 45.7 Å². The normalized spacial score (nSPS) is 10.2. The van der Waals surface area contributed by atoms with Gasteiger partial charge in [-0.25, -0.2) is 0 Å². The van der Waals surface area contributed by atoms with Crippen molar-refractivity contribution < 1.29 is 14.5 Å². The van der Waals surface area contributed by atoms with Crippen LogP contribution in [-0.2, 0) is 16.1 Å². The fraction of sp³-hybridized carbons (Fsp3) is 0.214. The predicted molar refractivity (Wildman–Crippen MR) is 87.9 cm³/mol. The first-order valence-corrected chi connectivity index (χ1v) is 7.27. The monoisotopic (exact) mass is 351 g/mol. The maximum absolute atomic E-state index is 11.9. The molecule has 1 heterocycles. The number of carbonyl (C=O) groups excluding carboxylic acids is 2. The summed E-state index contributed by atoms with van der Waals surface area (Å²) in [5.41, 5.74) is 0.734. The molecule has 0 aliphatic heterocycles. The second-order valence-corrected chi connectivity index (χ2v) is 5.30. The number of nitro groups is 1. The van der Waals surface area contributed by atoms with Gasteiger partial charge in [-0.3, -0.25) is 24.4 Å². The van der Waals surface area contributed by atoms with Crippen LogP contribution in [0.15, 0.2) is 30.6 Å². The maximum atomic E-state index is 11.9. The van der Waals surface area contributed by atoms with E-state index in [2.05, 4.69) is 15.7 Å². The number of aryl methyl sites for hydroxylation is 1. The quantitative estimate of drug-likeness (QED) is 0.611. The Hall–Kier alpha value is -2.94. The highest BCUT2D eigenvalue weighted by Crippen LogP contribution is 2.25. The zero-order valence-electron chi connectivity index (χ0n) is 12.7. The molecule has 2 rings (SSSR count). The molecule has 0 aliphatic rings. The standard InChI is InChI=1S/C14H14ClN5O4/c1-9(21)17-13-6-10(2-3-12(13)15)18-14(22)4-5-19-8-11(7-16-19)20(23)24/h2-3,6-8H,4-5H2,1H3,(H,17,21)(H,18,22). The Morgan fingerprint density at radius 1 is 1.38 bits per heavy atom. The van der Waals surface area contributed by atoms with Crippen molar-refractivity contribution in [2.45, 2.75) is 19.9 Å². The fourth-order valence-corrected chi connectivity index (χ4v) is 2.06. The third kappa shape index (κ3) is 4.78. The van der Waals surface area contributed by atoms with E-state index in [-0.39, 0.29) is 30.5 Å². The molecule has 0 fully saturated rings. The van der Waals surface area contributed by atoms with Gasteiger partial charge in [-0.15, -0.1) is 0 Å². The molecule has 0 atom stereocenters. The predicted octanol–water partition coefficient (Wildman–Crippen LogP) is 2.43. The van der Waals surface area contributed by atoms with E-state index in [9.17, 15) is 19.7 Å². The van der Waals surface area contributed by atoms with Crippen LogP contribution in [0.3, 0.4) is 0 Å². The smallest absolute Gasteiger partial charge is 0.306 e. The largest absolute Gasteiger partial charge is 0.326 e. The summed E-state index contributed by atoms with van der Waals surface area (Å²) < 4.78 is 1.32. The Kier molecular flexibility index (Phi) is 5.48. The minimum absolute atomic E-state index is 0.0803. The number of benzene rings is 1. The lowest BCUT2D eigenvalue weighted by molar-refractivity contribution is -0.385. The average Bonchev–Trinajstić information content (AvgIpc) is 2.97. The molecular formula is C14H14ClN5O4. The lowest BCUT2D eigenvalue weighted by Gasteiger charge is -2.09. The van der Waals surface area contributed by atoms with Crippen molar-refractivity contribution in [3.8, 4) is 0 Å². The molecule has 10 heteroatoms. The molecule has 0 saturated heterocycles. The number of carbonyl (C=O) groups is 2. The van der Waals surface area contributed by atoms with Crippen molar-refractivity contribution in [1.82, 2.24) is 9.78 Å². The van der Waals surface area contributed by atoms with Crippen LogP contribution in [0.25, 0.3) is 0 Å². The molecule has 0 spiro atoms. The van der Waals surface area contributed by atoms with Gasteiger partial charge >= 0.3 is 5.69 Å². The topological polar surface area (TPSA) is 119 Å². The van der Waals surface area contributed by atoms with Crippen molar-refractivity contribution in [3.63, 3.8) is 0 Å². The number of hydrogen-bond donors (Lipinski definition) is 2. The van der Waals surface area contributed by atoms with Crippen LogP contribution in [-0.4, -0.2) is 26.5 Å². The van der Waals surface area contributed by atoms with Crippen LogP contribution >= 0.6 is 11.6 Å². The van der Waals surface area contributed by atoms with Gasteiger partial charge < -0.3 is 10.6 Å². The Morgan fingerprint density at radius 3 is 2.75 bits per heavy atom. The Bertz CT molecular complexity index is 789. The summed E-state index contributed by atoms with van der Waals surface area (Å²) in [5.74, 6) is -0.579. The number of aromatic nitrogens is 2. The van der Waals surface area contributed by atoms with Gasteiger partial charge in [0.25, 0.3) is 0 Å². The zero-order valence-corrected chi connectivity index (χ0v) is 13.4. The number of halogens is 1. The molecule has 0 radical (unpaired) electrons. The molecule has 2 N–H and O–H groups in total. The van der Waals surface area contributed by atoms with E-state index in [1.54, 1.807) is 18.2 Å². The highest BCUT2D eigenvalue weighted by atomic mass is 35.5. The molecule has 0 unspecified atom stereocenters. The minimum Gasteiger partial charge on any atom is -0.326 e. The van der Waals surface area contributed by atoms with Crippen LogP contribution in [0.1, 0.15) is 13.3 Å². The van der Waals surface area contributed by atoms with Crippen molar-refractivity contribution in [2.24, 2.45) is 0 Å². The summed E-state index contributed by atoms with van der Waals surface area (Å²) in [5, 5.41) is 19.9. The minimum atomic E-state index is -0.555. The van der Waals surface area contributed by atoms with Crippen LogP contribution in [0, 0.1) is 10.1 Å². The van der Waals surface area contributed by atoms with Gasteiger partial charge in [0.05, 0.1) is 15.6 Å². The van der Waals surface area contributed by atoms with Gasteiger partial charge in [0, 0.05) is 25.6 Å². The maximum Gasteiger partial charge on any atom is 0.306 e. The first-order valence-electron chi connectivity index (χ1n) is 6.89. The van der Waals surface area contributed by atoms with Gasteiger partial charge in [-0.05, 0) is 18.2 Å². The third-order valence-corrected chi connectivity index (χ3v) is 3.29. The van der Waals surface area contributed by atoms with Crippen molar-refractivity contribution in [2.75, 3.05) is 10.6 Å².